The molecule has 1 aliphatic carbocycles. The van der Waals surface area contributed by atoms with Gasteiger partial charge >= 0.3 is 5.97 Å². The van der Waals surface area contributed by atoms with E-state index in [1.165, 1.54) is 5.57 Å². The Morgan fingerprint density at radius 1 is 1.27 bits per heavy atom. The molecule has 3 aliphatic heterocycles. The summed E-state index contributed by atoms with van der Waals surface area (Å²) in [6.45, 7) is 11.4. The molecule has 146 valence electrons. The Morgan fingerprint density at radius 3 is 2.77 bits per heavy atom. The minimum Gasteiger partial charge on any atom is -0.462 e. The van der Waals surface area contributed by atoms with Gasteiger partial charge in [0, 0.05) is 12.8 Å². The third kappa shape index (κ3) is 2.93. The van der Waals surface area contributed by atoms with Gasteiger partial charge in [-0.25, -0.2) is 0 Å². The van der Waals surface area contributed by atoms with Crippen LogP contribution in [0.2, 0.25) is 0 Å². The Bertz CT molecular complexity index is 599. The smallest absolute Gasteiger partial charge is 0.302 e. The molecule has 4 nitrogen and oxygen atoms in total. The SMILES string of the molecule is CC(=O)O[C@H]1C2C3[C@@H](C[C@H]1C)C(C)CO[C@@]1(C)CC/C=C(\C)C[C@@H]2O[C@@H]31. The Hall–Kier alpha value is -0.870. The van der Waals surface area contributed by atoms with E-state index in [0.717, 1.165) is 32.3 Å². The Morgan fingerprint density at radius 2 is 2.04 bits per heavy atom. The normalized spacial score (nSPS) is 52.7. The fourth-order valence-electron chi connectivity index (χ4n) is 6.34. The van der Waals surface area contributed by atoms with E-state index < -0.39 is 0 Å². The Labute approximate surface area is 157 Å². The second-order valence-corrected chi connectivity index (χ2v) is 9.59. The van der Waals surface area contributed by atoms with Crippen molar-refractivity contribution in [3.05, 3.63) is 11.6 Å². The molecule has 3 heterocycles. The van der Waals surface area contributed by atoms with Gasteiger partial charge in [0.2, 0.25) is 0 Å². The molecular weight excluding hydrogens is 328 g/mol. The van der Waals surface area contributed by atoms with Crippen LogP contribution in [0.1, 0.15) is 60.3 Å². The van der Waals surface area contributed by atoms with Crippen molar-refractivity contribution in [2.75, 3.05) is 6.61 Å². The molecule has 0 amide bonds. The highest BCUT2D eigenvalue weighted by Gasteiger charge is 2.62. The van der Waals surface area contributed by atoms with Gasteiger partial charge in [-0.1, -0.05) is 25.5 Å². The maximum atomic E-state index is 11.8. The van der Waals surface area contributed by atoms with E-state index in [-0.39, 0.29) is 35.8 Å². The number of ether oxygens (including phenoxy) is 3. The zero-order valence-electron chi connectivity index (χ0n) is 16.9. The van der Waals surface area contributed by atoms with Crippen LogP contribution in [0.3, 0.4) is 0 Å². The number of esters is 1. The predicted molar refractivity (Wildman–Crippen MR) is 99.6 cm³/mol. The molecule has 3 fully saturated rings. The van der Waals surface area contributed by atoms with Crippen molar-refractivity contribution in [2.45, 2.75) is 84.2 Å². The maximum Gasteiger partial charge on any atom is 0.302 e. The lowest BCUT2D eigenvalue weighted by Crippen LogP contribution is -2.51. The second kappa shape index (κ2) is 6.63. The summed E-state index contributed by atoms with van der Waals surface area (Å²) in [5.74, 6) is 2.01. The van der Waals surface area contributed by atoms with E-state index in [9.17, 15) is 4.79 Å². The minimum absolute atomic E-state index is 0.0365. The molecule has 0 spiro atoms. The van der Waals surface area contributed by atoms with E-state index in [1.807, 2.05) is 0 Å². The summed E-state index contributed by atoms with van der Waals surface area (Å²) in [5, 5.41) is 0. The summed E-state index contributed by atoms with van der Waals surface area (Å²) in [6, 6.07) is 0. The van der Waals surface area contributed by atoms with Gasteiger partial charge in [0.05, 0.1) is 24.4 Å². The van der Waals surface area contributed by atoms with Gasteiger partial charge in [-0.05, 0) is 63.2 Å². The van der Waals surface area contributed by atoms with Gasteiger partial charge in [0.15, 0.2) is 0 Å². The van der Waals surface area contributed by atoms with Gasteiger partial charge in [0.25, 0.3) is 0 Å². The molecule has 0 radical (unpaired) electrons. The van der Waals surface area contributed by atoms with Crippen LogP contribution in [0, 0.1) is 29.6 Å². The fraction of sp³-hybridized carbons (Fsp3) is 0.864. The highest BCUT2D eigenvalue weighted by atomic mass is 16.6. The molecule has 26 heavy (non-hydrogen) atoms. The first-order valence-electron chi connectivity index (χ1n) is 10.4. The number of allylic oxidation sites excluding steroid dienone is 1. The predicted octanol–water partition coefficient (Wildman–Crippen LogP) is 4.13. The van der Waals surface area contributed by atoms with Crippen LogP contribution in [0.15, 0.2) is 11.6 Å². The van der Waals surface area contributed by atoms with E-state index in [0.29, 0.717) is 23.7 Å². The van der Waals surface area contributed by atoms with Crippen LogP contribution in [0.4, 0.5) is 0 Å². The summed E-state index contributed by atoms with van der Waals surface area (Å²) < 4.78 is 19.2. The van der Waals surface area contributed by atoms with Crippen molar-refractivity contribution in [2.24, 2.45) is 29.6 Å². The third-order valence-corrected chi connectivity index (χ3v) is 7.59. The molecule has 3 unspecified atom stereocenters. The molecular formula is C22H34O4. The number of carbonyl (C=O) groups excluding carboxylic acids is 1. The quantitative estimate of drug-likeness (QED) is 0.520. The van der Waals surface area contributed by atoms with E-state index >= 15 is 0 Å². The molecule has 9 atom stereocenters. The first-order valence-corrected chi connectivity index (χ1v) is 10.4. The Balaban J connectivity index is 1.79. The second-order valence-electron chi connectivity index (χ2n) is 9.59. The summed E-state index contributed by atoms with van der Waals surface area (Å²) in [4.78, 5) is 11.8. The molecule has 1 saturated carbocycles. The molecule has 0 aromatic heterocycles. The largest absolute Gasteiger partial charge is 0.462 e. The van der Waals surface area contributed by atoms with Gasteiger partial charge < -0.3 is 14.2 Å². The van der Waals surface area contributed by atoms with E-state index in [4.69, 9.17) is 14.2 Å². The number of hydrogen-bond acceptors (Lipinski definition) is 4. The van der Waals surface area contributed by atoms with Gasteiger partial charge in [-0.3, -0.25) is 4.79 Å². The van der Waals surface area contributed by atoms with Gasteiger partial charge in [-0.2, -0.15) is 0 Å². The van der Waals surface area contributed by atoms with Crippen LogP contribution in [-0.2, 0) is 19.0 Å². The van der Waals surface area contributed by atoms with Crippen molar-refractivity contribution in [3.8, 4) is 0 Å². The van der Waals surface area contributed by atoms with Crippen LogP contribution >= 0.6 is 0 Å². The number of rotatable bonds is 1. The topological polar surface area (TPSA) is 44.8 Å². The van der Waals surface area contributed by atoms with E-state index in [2.05, 4.69) is 33.8 Å². The lowest BCUT2D eigenvalue weighted by atomic mass is 9.59. The minimum atomic E-state index is -0.247. The lowest BCUT2D eigenvalue weighted by Gasteiger charge is -2.46. The van der Waals surface area contributed by atoms with Crippen molar-refractivity contribution in [3.63, 3.8) is 0 Å². The molecule has 4 rings (SSSR count). The molecule has 2 bridgehead atoms. The molecule has 0 aromatic rings. The van der Waals surface area contributed by atoms with Crippen LogP contribution in [0.5, 0.6) is 0 Å². The van der Waals surface area contributed by atoms with Crippen molar-refractivity contribution < 1.29 is 19.0 Å². The highest BCUT2D eigenvalue weighted by Crippen LogP contribution is 2.57. The fourth-order valence-corrected chi connectivity index (χ4v) is 6.34. The van der Waals surface area contributed by atoms with Crippen molar-refractivity contribution in [1.29, 1.82) is 0 Å². The molecule has 4 aliphatic rings. The summed E-state index contributed by atoms with van der Waals surface area (Å²) in [6.07, 6.45) is 6.64. The van der Waals surface area contributed by atoms with E-state index in [1.54, 1.807) is 6.92 Å². The molecule has 4 heteroatoms. The number of hydrogen-bond donors (Lipinski definition) is 0. The average molecular weight is 363 g/mol. The zero-order chi connectivity index (χ0) is 18.6. The summed E-state index contributed by atoms with van der Waals surface area (Å²) in [5.41, 5.74) is 1.14. The Kier molecular flexibility index (Phi) is 4.71. The number of carbonyl (C=O) groups is 1. The number of fused-ring (bicyclic) bond motifs is 2. The summed E-state index contributed by atoms with van der Waals surface area (Å²) >= 11 is 0. The summed E-state index contributed by atoms with van der Waals surface area (Å²) in [7, 11) is 0. The standard InChI is InChI=1S/C22H34O4/c1-12-7-6-8-22(5)21-18-16(14(3)11-24-22)10-13(2)20(25-15(4)23)19(18)17(9-12)26-21/h7,13-14,16-21H,6,8-11H2,1-5H3/b12-7+/t13-,14?,16+,17+,18?,19?,20-,21+,22+/m1/s1. The van der Waals surface area contributed by atoms with Crippen LogP contribution in [0.25, 0.3) is 0 Å². The maximum absolute atomic E-state index is 11.8. The third-order valence-electron chi connectivity index (χ3n) is 7.59. The molecule has 2 saturated heterocycles. The van der Waals surface area contributed by atoms with Crippen LogP contribution in [-0.4, -0.2) is 36.5 Å². The monoisotopic (exact) mass is 362 g/mol. The zero-order valence-corrected chi connectivity index (χ0v) is 16.9. The van der Waals surface area contributed by atoms with Crippen molar-refractivity contribution in [1.82, 2.24) is 0 Å². The van der Waals surface area contributed by atoms with Crippen molar-refractivity contribution >= 4 is 5.97 Å². The lowest BCUT2D eigenvalue weighted by molar-refractivity contribution is -0.160. The molecule has 0 N–H and O–H groups in total. The van der Waals surface area contributed by atoms with Gasteiger partial charge in [-0.15, -0.1) is 0 Å². The first kappa shape index (κ1) is 18.5. The first-order chi connectivity index (χ1) is 12.3. The van der Waals surface area contributed by atoms with Gasteiger partial charge in [0.1, 0.15) is 6.10 Å². The van der Waals surface area contributed by atoms with Crippen LogP contribution < -0.4 is 0 Å². The highest BCUT2D eigenvalue weighted by molar-refractivity contribution is 5.66. The molecule has 0 aromatic carbocycles. The average Bonchev–Trinajstić information content (AvgIpc) is 2.92.